The van der Waals surface area contributed by atoms with Crippen molar-refractivity contribution in [2.45, 2.75) is 38.5 Å². The molecule has 0 saturated heterocycles. The highest BCUT2D eigenvalue weighted by atomic mass is 32.2. The van der Waals surface area contributed by atoms with E-state index in [0.717, 1.165) is 18.4 Å². The first kappa shape index (κ1) is 22.7. The molecule has 0 radical (unpaired) electrons. The van der Waals surface area contributed by atoms with Gasteiger partial charge in [-0.05, 0) is 49.6 Å². The lowest BCUT2D eigenvalue weighted by molar-refractivity contribution is 0.0754. The maximum absolute atomic E-state index is 13.3. The van der Waals surface area contributed by atoms with E-state index in [1.807, 2.05) is 20.8 Å². The number of methoxy groups -OCH3 is 1. The van der Waals surface area contributed by atoms with Crippen molar-refractivity contribution in [1.29, 1.82) is 0 Å². The summed E-state index contributed by atoms with van der Waals surface area (Å²) >= 11 is 0. The minimum absolute atomic E-state index is 0.0767. The number of carbonyl (C=O) groups is 1. The average Bonchev–Trinajstić information content (AvgIpc) is 2.72. The number of nitrogens with zero attached hydrogens (tertiary/aromatic N) is 2. The highest BCUT2D eigenvalue weighted by Gasteiger charge is 2.26. The largest absolute Gasteiger partial charge is 0.495 e. The molecule has 29 heavy (non-hydrogen) atoms. The van der Waals surface area contributed by atoms with E-state index in [1.165, 1.54) is 30.6 Å². The van der Waals surface area contributed by atoms with E-state index in [4.69, 9.17) is 4.74 Å². The first-order chi connectivity index (χ1) is 13.8. The topological polar surface area (TPSA) is 66.9 Å². The van der Waals surface area contributed by atoms with Gasteiger partial charge >= 0.3 is 0 Å². The lowest BCUT2D eigenvalue weighted by Crippen LogP contribution is -2.33. The van der Waals surface area contributed by atoms with Gasteiger partial charge in [0.25, 0.3) is 15.9 Å². The van der Waals surface area contributed by atoms with E-state index >= 15 is 0 Å². The number of aryl methyl sites for hydroxylation is 1. The molecule has 0 aliphatic heterocycles. The molecule has 7 heteroatoms. The Hall–Kier alpha value is -2.54. The van der Waals surface area contributed by atoms with Crippen LogP contribution < -0.4 is 9.04 Å². The molecule has 0 bridgehead atoms. The van der Waals surface area contributed by atoms with Crippen molar-refractivity contribution in [3.05, 3.63) is 53.6 Å². The number of rotatable bonds is 9. The summed E-state index contributed by atoms with van der Waals surface area (Å²) in [4.78, 5) is 14.9. The van der Waals surface area contributed by atoms with Crippen LogP contribution in [0.25, 0.3) is 0 Å². The summed E-state index contributed by atoms with van der Waals surface area (Å²) in [6.45, 7) is 7.15. The molecule has 0 aromatic heterocycles. The maximum Gasteiger partial charge on any atom is 0.264 e. The van der Waals surface area contributed by atoms with Gasteiger partial charge in [-0.1, -0.05) is 32.0 Å². The first-order valence-electron chi connectivity index (χ1n) is 9.79. The molecule has 0 N–H and O–H groups in total. The molecule has 2 rings (SSSR count). The van der Waals surface area contributed by atoms with Crippen molar-refractivity contribution in [3.8, 4) is 5.75 Å². The van der Waals surface area contributed by atoms with Crippen LogP contribution in [0.5, 0.6) is 5.75 Å². The molecular formula is C22H30N2O4S. The number of hydrogen-bond donors (Lipinski definition) is 0. The van der Waals surface area contributed by atoms with E-state index in [1.54, 1.807) is 35.2 Å². The number of carbonyl (C=O) groups excluding carboxylic acids is 1. The number of ether oxygens (including phenoxy) is 1. The number of amides is 1. The second kappa shape index (κ2) is 9.78. The highest BCUT2D eigenvalue weighted by Crippen LogP contribution is 2.31. The summed E-state index contributed by atoms with van der Waals surface area (Å²) in [5.41, 5.74) is 1.61. The summed E-state index contributed by atoms with van der Waals surface area (Å²) in [6, 6.07) is 11.6. The van der Waals surface area contributed by atoms with Crippen LogP contribution >= 0.6 is 0 Å². The van der Waals surface area contributed by atoms with Gasteiger partial charge in [-0.15, -0.1) is 0 Å². The van der Waals surface area contributed by atoms with Crippen LogP contribution in [0.3, 0.4) is 0 Å². The monoisotopic (exact) mass is 418 g/mol. The van der Waals surface area contributed by atoms with Crippen LogP contribution in [0.1, 0.15) is 42.6 Å². The zero-order valence-electron chi connectivity index (χ0n) is 17.8. The smallest absolute Gasteiger partial charge is 0.264 e. The minimum atomic E-state index is -3.87. The molecule has 1 amide bonds. The van der Waals surface area contributed by atoms with E-state index in [9.17, 15) is 13.2 Å². The van der Waals surface area contributed by atoms with Crippen molar-refractivity contribution in [2.24, 2.45) is 0 Å². The number of benzene rings is 2. The van der Waals surface area contributed by atoms with Gasteiger partial charge in [-0.2, -0.15) is 0 Å². The van der Waals surface area contributed by atoms with Gasteiger partial charge in [0.15, 0.2) is 0 Å². The van der Waals surface area contributed by atoms with E-state index in [0.29, 0.717) is 30.1 Å². The third kappa shape index (κ3) is 4.90. The van der Waals surface area contributed by atoms with Crippen LogP contribution in [-0.2, 0) is 10.0 Å². The zero-order chi connectivity index (χ0) is 21.6. The van der Waals surface area contributed by atoms with Crippen molar-refractivity contribution >= 4 is 21.6 Å². The van der Waals surface area contributed by atoms with Crippen molar-refractivity contribution in [2.75, 3.05) is 31.6 Å². The van der Waals surface area contributed by atoms with Crippen molar-refractivity contribution < 1.29 is 17.9 Å². The third-order valence-electron chi connectivity index (χ3n) is 4.80. The Labute approximate surface area is 174 Å². The Morgan fingerprint density at radius 2 is 1.66 bits per heavy atom. The van der Waals surface area contributed by atoms with Crippen molar-refractivity contribution in [1.82, 2.24) is 4.90 Å². The molecular weight excluding hydrogens is 388 g/mol. The SMILES string of the molecule is CCCN(CCC)C(=O)c1cc(S(=O)(=O)N(C)c2ccccc2OC)ccc1C. The molecule has 0 spiro atoms. The molecule has 0 heterocycles. The van der Waals surface area contributed by atoms with Gasteiger partial charge in [0.2, 0.25) is 0 Å². The molecule has 158 valence electrons. The second-order valence-electron chi connectivity index (χ2n) is 6.91. The summed E-state index contributed by atoms with van der Waals surface area (Å²) in [6.07, 6.45) is 1.69. The number of anilines is 1. The average molecular weight is 419 g/mol. The molecule has 0 atom stereocenters. The quantitative estimate of drug-likeness (QED) is 0.615. The summed E-state index contributed by atoms with van der Waals surface area (Å²) in [5.74, 6) is 0.322. The second-order valence-corrected chi connectivity index (χ2v) is 8.88. The Morgan fingerprint density at radius 3 is 2.24 bits per heavy atom. The van der Waals surface area contributed by atoms with Crippen molar-refractivity contribution in [3.63, 3.8) is 0 Å². The fourth-order valence-corrected chi connectivity index (χ4v) is 4.43. The molecule has 2 aromatic rings. The van der Waals surface area contributed by atoms with Gasteiger partial charge in [0.05, 0.1) is 17.7 Å². The first-order valence-corrected chi connectivity index (χ1v) is 11.2. The Kier molecular flexibility index (Phi) is 7.67. The van der Waals surface area contributed by atoms with Crippen LogP contribution in [0.2, 0.25) is 0 Å². The van der Waals surface area contributed by atoms with Gasteiger partial charge < -0.3 is 9.64 Å². The Bertz CT molecular complexity index is 951. The van der Waals surface area contributed by atoms with Crippen LogP contribution in [0, 0.1) is 6.92 Å². The molecule has 0 aliphatic rings. The van der Waals surface area contributed by atoms with Crippen LogP contribution in [0.15, 0.2) is 47.4 Å². The summed E-state index contributed by atoms with van der Waals surface area (Å²) < 4.78 is 33.0. The van der Waals surface area contributed by atoms with Crippen LogP contribution in [-0.4, -0.2) is 46.5 Å². The Morgan fingerprint density at radius 1 is 1.03 bits per heavy atom. The summed E-state index contributed by atoms with van der Waals surface area (Å²) in [5, 5.41) is 0. The minimum Gasteiger partial charge on any atom is -0.495 e. The predicted molar refractivity (Wildman–Crippen MR) is 116 cm³/mol. The van der Waals surface area contributed by atoms with Gasteiger partial charge in [0.1, 0.15) is 5.75 Å². The fraction of sp³-hybridized carbons (Fsp3) is 0.409. The van der Waals surface area contributed by atoms with E-state index in [2.05, 4.69) is 0 Å². The highest BCUT2D eigenvalue weighted by molar-refractivity contribution is 7.92. The lowest BCUT2D eigenvalue weighted by Gasteiger charge is -2.24. The molecule has 2 aromatic carbocycles. The number of sulfonamides is 1. The standard InChI is InChI=1S/C22H30N2O4S/c1-6-14-24(15-7-2)22(25)19-16-18(13-12-17(19)3)29(26,27)23(4)20-10-8-9-11-21(20)28-5/h8-13,16H,6-7,14-15H2,1-5H3. The third-order valence-corrected chi connectivity index (χ3v) is 6.56. The fourth-order valence-electron chi connectivity index (χ4n) is 3.19. The maximum atomic E-state index is 13.3. The molecule has 0 saturated carbocycles. The van der Waals surface area contributed by atoms with Gasteiger partial charge in [0, 0.05) is 25.7 Å². The summed E-state index contributed by atoms with van der Waals surface area (Å²) in [7, 11) is -0.886. The molecule has 0 aliphatic carbocycles. The van der Waals surface area contributed by atoms with Crippen LogP contribution in [0.4, 0.5) is 5.69 Å². The van der Waals surface area contributed by atoms with E-state index < -0.39 is 10.0 Å². The molecule has 0 fully saturated rings. The number of hydrogen-bond acceptors (Lipinski definition) is 4. The molecule has 6 nitrogen and oxygen atoms in total. The Balaban J connectivity index is 2.47. The van der Waals surface area contributed by atoms with E-state index in [-0.39, 0.29) is 10.8 Å². The lowest BCUT2D eigenvalue weighted by atomic mass is 10.1. The zero-order valence-corrected chi connectivity index (χ0v) is 18.6. The van der Waals surface area contributed by atoms with Gasteiger partial charge in [-0.25, -0.2) is 8.42 Å². The van der Waals surface area contributed by atoms with Gasteiger partial charge in [-0.3, -0.25) is 9.10 Å². The normalized spacial score (nSPS) is 11.2. The predicted octanol–water partition coefficient (Wildman–Crippen LogP) is 4.09. The number of para-hydroxylation sites is 2. The molecule has 0 unspecified atom stereocenters.